The molecule has 0 saturated heterocycles. The highest BCUT2D eigenvalue weighted by Gasteiger charge is 1.92. The summed E-state index contributed by atoms with van der Waals surface area (Å²) in [4.78, 5) is 0. The molecule has 1 atom stereocenters. The summed E-state index contributed by atoms with van der Waals surface area (Å²) in [5, 5.41) is 0. The van der Waals surface area contributed by atoms with Crippen LogP contribution in [0.2, 0.25) is 0 Å². The van der Waals surface area contributed by atoms with Gasteiger partial charge in [0.25, 0.3) is 0 Å². The molecule has 1 aromatic rings. The zero-order valence-corrected chi connectivity index (χ0v) is 7.23. The molecule has 0 aliphatic heterocycles. The van der Waals surface area contributed by atoms with Gasteiger partial charge in [-0.2, -0.15) is 0 Å². The van der Waals surface area contributed by atoms with Crippen molar-refractivity contribution in [3.63, 3.8) is 0 Å². The van der Waals surface area contributed by atoms with E-state index in [1.54, 1.807) is 6.26 Å². The van der Waals surface area contributed by atoms with E-state index < -0.39 is 9.71 Å². The third-order valence-corrected chi connectivity index (χ3v) is 1.78. The first kappa shape index (κ1) is 8.14. The Labute approximate surface area is 67.4 Å². The predicted octanol–water partition coefficient (Wildman–Crippen LogP) is 1.36. The van der Waals surface area contributed by atoms with Gasteiger partial charge in [0, 0.05) is 21.7 Å². The Kier molecular flexibility index (Phi) is 2.19. The van der Waals surface area contributed by atoms with Crippen molar-refractivity contribution in [2.75, 3.05) is 11.0 Å². The number of benzene rings is 1. The van der Waals surface area contributed by atoms with Gasteiger partial charge in [-0.15, -0.1) is 0 Å². The molecule has 0 spiro atoms. The first-order chi connectivity index (χ1) is 5.08. The Morgan fingerprint density at radius 2 is 1.91 bits per heavy atom. The SMILES string of the molecule is C=S(C)(=O)Nc1ccccc1. The number of hydrogen-bond donors (Lipinski definition) is 1. The molecule has 0 radical (unpaired) electrons. The molecule has 1 N–H and O–H groups in total. The predicted molar refractivity (Wildman–Crippen MR) is 51.3 cm³/mol. The number of rotatable bonds is 2. The van der Waals surface area contributed by atoms with E-state index in [0.717, 1.165) is 5.69 Å². The highest BCUT2D eigenvalue weighted by Crippen LogP contribution is 2.05. The van der Waals surface area contributed by atoms with Crippen LogP contribution < -0.4 is 4.72 Å². The first-order valence-electron chi connectivity index (χ1n) is 3.23. The molecule has 1 unspecified atom stereocenters. The van der Waals surface area contributed by atoms with Crippen molar-refractivity contribution in [1.29, 1.82) is 0 Å². The third kappa shape index (κ3) is 3.09. The molecule has 11 heavy (non-hydrogen) atoms. The summed E-state index contributed by atoms with van der Waals surface area (Å²) in [6, 6.07) is 9.38. The quantitative estimate of drug-likeness (QED) is 0.665. The number of nitrogens with one attached hydrogen (secondary N) is 1. The van der Waals surface area contributed by atoms with Gasteiger partial charge in [-0.25, -0.2) is 4.21 Å². The van der Waals surface area contributed by atoms with E-state index in [1.165, 1.54) is 0 Å². The van der Waals surface area contributed by atoms with Crippen molar-refractivity contribution >= 4 is 21.3 Å². The molecule has 0 aromatic heterocycles. The molecule has 0 saturated carbocycles. The summed E-state index contributed by atoms with van der Waals surface area (Å²) in [5.41, 5.74) is 0.843. The normalized spacial score (nSPS) is 15.4. The van der Waals surface area contributed by atoms with Crippen molar-refractivity contribution in [3.8, 4) is 0 Å². The van der Waals surface area contributed by atoms with Crippen LogP contribution in [-0.4, -0.2) is 16.3 Å². The van der Waals surface area contributed by atoms with Crippen LogP contribution in [0.25, 0.3) is 0 Å². The van der Waals surface area contributed by atoms with Gasteiger partial charge in [0.1, 0.15) is 0 Å². The first-order valence-corrected chi connectivity index (χ1v) is 5.36. The number of hydrogen-bond acceptors (Lipinski definition) is 1. The summed E-state index contributed by atoms with van der Waals surface area (Å²) in [6.07, 6.45) is 1.57. The standard InChI is InChI=1S/C8H11NOS/c1-11(2,10)9-8-6-4-3-5-7-8/h3-7H,1H2,2H3,(H,9,10). The van der Waals surface area contributed by atoms with Gasteiger partial charge in [0.15, 0.2) is 0 Å². The maximum Gasteiger partial charge on any atom is 0.0456 e. The van der Waals surface area contributed by atoms with Crippen LogP contribution in [0, 0.1) is 0 Å². The van der Waals surface area contributed by atoms with Crippen LogP contribution in [0.5, 0.6) is 0 Å². The van der Waals surface area contributed by atoms with Gasteiger partial charge in [-0.3, -0.25) is 0 Å². The summed E-state index contributed by atoms with van der Waals surface area (Å²) in [7, 11) is -2.13. The van der Waals surface area contributed by atoms with Crippen molar-refractivity contribution in [3.05, 3.63) is 30.3 Å². The Bertz CT molecular complexity index is 315. The van der Waals surface area contributed by atoms with Crippen LogP contribution in [0.4, 0.5) is 5.69 Å². The van der Waals surface area contributed by atoms with E-state index in [1.807, 2.05) is 30.3 Å². The average Bonchev–Trinajstić information content (AvgIpc) is 1.85. The Hall–Kier alpha value is -0.960. The molecule has 0 fully saturated rings. The Balaban J connectivity index is 2.82. The highest BCUT2D eigenvalue weighted by molar-refractivity contribution is 8.00. The van der Waals surface area contributed by atoms with Crippen LogP contribution >= 0.6 is 0 Å². The maximum atomic E-state index is 11.1. The number of para-hydroxylation sites is 1. The minimum atomic E-state index is -2.13. The Morgan fingerprint density at radius 3 is 2.36 bits per heavy atom. The number of anilines is 1. The monoisotopic (exact) mass is 169 g/mol. The van der Waals surface area contributed by atoms with Gasteiger partial charge in [0.2, 0.25) is 0 Å². The van der Waals surface area contributed by atoms with Crippen LogP contribution in [-0.2, 0) is 9.71 Å². The van der Waals surface area contributed by atoms with E-state index in [-0.39, 0.29) is 0 Å². The molecule has 1 aromatic carbocycles. The molecular weight excluding hydrogens is 158 g/mol. The van der Waals surface area contributed by atoms with E-state index in [4.69, 9.17) is 0 Å². The lowest BCUT2D eigenvalue weighted by Gasteiger charge is -2.05. The minimum Gasteiger partial charge on any atom is -0.313 e. The molecule has 3 heteroatoms. The molecule has 0 heterocycles. The van der Waals surface area contributed by atoms with Crippen LogP contribution in [0.1, 0.15) is 0 Å². The maximum absolute atomic E-state index is 11.1. The van der Waals surface area contributed by atoms with E-state index in [0.29, 0.717) is 0 Å². The van der Waals surface area contributed by atoms with Crippen LogP contribution in [0.15, 0.2) is 30.3 Å². The molecular formula is C8H11NOS. The van der Waals surface area contributed by atoms with Crippen LogP contribution in [0.3, 0.4) is 0 Å². The van der Waals surface area contributed by atoms with Crippen molar-refractivity contribution in [2.24, 2.45) is 0 Å². The molecule has 60 valence electrons. The topological polar surface area (TPSA) is 29.1 Å². The van der Waals surface area contributed by atoms with Crippen molar-refractivity contribution < 1.29 is 4.21 Å². The van der Waals surface area contributed by atoms with Gasteiger partial charge in [0.05, 0.1) is 0 Å². The van der Waals surface area contributed by atoms with Gasteiger partial charge < -0.3 is 4.72 Å². The summed E-state index contributed by atoms with van der Waals surface area (Å²) in [6.45, 7) is 0. The summed E-state index contributed by atoms with van der Waals surface area (Å²) in [5.74, 6) is 3.48. The van der Waals surface area contributed by atoms with Gasteiger partial charge in [-0.1, -0.05) is 18.2 Å². The third-order valence-electron chi connectivity index (χ3n) is 1.11. The summed E-state index contributed by atoms with van der Waals surface area (Å²) < 4.78 is 13.9. The van der Waals surface area contributed by atoms with Crippen molar-refractivity contribution in [2.45, 2.75) is 0 Å². The molecule has 1 rings (SSSR count). The molecule has 0 amide bonds. The second kappa shape index (κ2) is 2.96. The van der Waals surface area contributed by atoms with Gasteiger partial charge in [-0.05, 0) is 18.0 Å². The smallest absolute Gasteiger partial charge is 0.0456 e. The fourth-order valence-electron chi connectivity index (χ4n) is 0.755. The second-order valence-electron chi connectivity index (χ2n) is 2.47. The summed E-state index contributed by atoms with van der Waals surface area (Å²) >= 11 is 0. The molecule has 0 aliphatic carbocycles. The minimum absolute atomic E-state index is 0.843. The van der Waals surface area contributed by atoms with E-state index >= 15 is 0 Å². The lowest BCUT2D eigenvalue weighted by molar-refractivity contribution is 0.688. The molecule has 2 nitrogen and oxygen atoms in total. The van der Waals surface area contributed by atoms with Crippen molar-refractivity contribution in [1.82, 2.24) is 0 Å². The van der Waals surface area contributed by atoms with E-state index in [9.17, 15) is 4.21 Å². The molecule has 0 bridgehead atoms. The second-order valence-corrected chi connectivity index (χ2v) is 4.69. The van der Waals surface area contributed by atoms with Gasteiger partial charge >= 0.3 is 0 Å². The average molecular weight is 169 g/mol. The zero-order valence-electron chi connectivity index (χ0n) is 6.41. The fourth-order valence-corrected chi connectivity index (χ4v) is 1.39. The largest absolute Gasteiger partial charge is 0.313 e. The van der Waals surface area contributed by atoms with E-state index in [2.05, 4.69) is 10.6 Å². The molecule has 0 aliphatic rings. The lowest BCUT2D eigenvalue weighted by Crippen LogP contribution is -2.08. The zero-order chi connectivity index (χ0) is 8.32. The fraction of sp³-hybridized carbons (Fsp3) is 0.125. The lowest BCUT2D eigenvalue weighted by atomic mass is 10.3. The highest BCUT2D eigenvalue weighted by atomic mass is 32.2. The Morgan fingerprint density at radius 1 is 1.36 bits per heavy atom.